The highest BCUT2D eigenvalue weighted by molar-refractivity contribution is 5.81. The third kappa shape index (κ3) is 4.52. The summed E-state index contributed by atoms with van der Waals surface area (Å²) in [6.45, 7) is 4.25. The minimum Gasteiger partial charge on any atom is -0.354 e. The summed E-state index contributed by atoms with van der Waals surface area (Å²) in [5.41, 5.74) is 0.757. The highest BCUT2D eigenvalue weighted by atomic mass is 19.1. The Morgan fingerprint density at radius 3 is 2.96 bits per heavy atom. The Morgan fingerprint density at radius 2 is 2.17 bits per heavy atom. The predicted octanol–water partition coefficient (Wildman–Crippen LogP) is 1.91. The number of hydrogen-bond acceptors (Lipinski definition) is 3. The molecule has 1 amide bonds. The second kappa shape index (κ2) is 7.88. The van der Waals surface area contributed by atoms with Crippen molar-refractivity contribution in [1.82, 2.24) is 15.5 Å². The quantitative estimate of drug-likeness (QED) is 0.871. The molecule has 2 fully saturated rings. The Morgan fingerprint density at radius 1 is 1.30 bits per heavy atom. The maximum atomic E-state index is 13.8. The summed E-state index contributed by atoms with van der Waals surface area (Å²) in [5.74, 6) is 0.463. The molecule has 23 heavy (non-hydrogen) atoms. The van der Waals surface area contributed by atoms with Crippen LogP contribution >= 0.6 is 0 Å². The van der Waals surface area contributed by atoms with E-state index in [-0.39, 0.29) is 17.8 Å². The normalized spacial score (nSPS) is 25.4. The van der Waals surface area contributed by atoms with Gasteiger partial charge in [-0.15, -0.1) is 0 Å². The molecule has 1 aromatic rings. The van der Waals surface area contributed by atoms with Crippen molar-refractivity contribution >= 4 is 5.91 Å². The molecule has 2 atom stereocenters. The topological polar surface area (TPSA) is 44.4 Å². The van der Waals surface area contributed by atoms with E-state index in [4.69, 9.17) is 0 Å². The summed E-state index contributed by atoms with van der Waals surface area (Å²) in [5, 5.41) is 6.32. The zero-order chi connectivity index (χ0) is 16.1. The van der Waals surface area contributed by atoms with Gasteiger partial charge in [0.1, 0.15) is 5.82 Å². The lowest BCUT2D eigenvalue weighted by molar-refractivity contribution is -0.123. The van der Waals surface area contributed by atoms with Crippen molar-refractivity contribution in [2.75, 3.05) is 26.2 Å². The number of benzene rings is 1. The number of nitrogens with one attached hydrogen (secondary N) is 2. The lowest BCUT2D eigenvalue weighted by atomic mass is 9.97. The SMILES string of the molecule is O=C(NCC1CCCN(Cc2ccccc2F)C1)C1CCCN1. The molecule has 4 nitrogen and oxygen atoms in total. The van der Waals surface area contributed by atoms with Gasteiger partial charge in [0.15, 0.2) is 0 Å². The number of likely N-dealkylation sites (tertiary alicyclic amines) is 1. The number of nitrogens with zero attached hydrogens (tertiary/aromatic N) is 1. The van der Waals surface area contributed by atoms with Crippen LogP contribution in [-0.4, -0.2) is 43.0 Å². The number of carbonyl (C=O) groups is 1. The highest BCUT2D eigenvalue weighted by Crippen LogP contribution is 2.19. The summed E-state index contributed by atoms with van der Waals surface area (Å²) in [6, 6.07) is 6.98. The van der Waals surface area contributed by atoms with E-state index in [0.29, 0.717) is 12.5 Å². The monoisotopic (exact) mass is 319 g/mol. The van der Waals surface area contributed by atoms with Crippen molar-refractivity contribution in [3.63, 3.8) is 0 Å². The summed E-state index contributed by atoms with van der Waals surface area (Å²) in [7, 11) is 0. The van der Waals surface area contributed by atoms with Crippen LogP contribution in [0.15, 0.2) is 24.3 Å². The van der Waals surface area contributed by atoms with Crippen LogP contribution in [0.5, 0.6) is 0 Å². The third-order valence-electron chi connectivity index (χ3n) is 4.90. The van der Waals surface area contributed by atoms with Crippen molar-refractivity contribution < 1.29 is 9.18 Å². The first-order valence-electron chi connectivity index (χ1n) is 8.69. The summed E-state index contributed by atoms with van der Waals surface area (Å²) in [4.78, 5) is 14.4. The predicted molar refractivity (Wildman–Crippen MR) is 88.4 cm³/mol. The standard InChI is InChI=1S/C18H26FN3O/c19-16-7-2-1-6-15(16)13-22-10-4-5-14(12-22)11-21-18(23)17-8-3-9-20-17/h1-2,6-7,14,17,20H,3-5,8-13H2,(H,21,23). The van der Waals surface area contributed by atoms with Crippen molar-refractivity contribution in [2.24, 2.45) is 5.92 Å². The van der Waals surface area contributed by atoms with E-state index in [9.17, 15) is 9.18 Å². The van der Waals surface area contributed by atoms with Crippen LogP contribution in [0.4, 0.5) is 4.39 Å². The molecule has 126 valence electrons. The second-order valence-electron chi connectivity index (χ2n) is 6.73. The Bertz CT molecular complexity index is 531. The summed E-state index contributed by atoms with van der Waals surface area (Å²) < 4.78 is 13.8. The van der Waals surface area contributed by atoms with Crippen LogP contribution in [0.3, 0.4) is 0 Å². The van der Waals surface area contributed by atoms with Gasteiger partial charge < -0.3 is 10.6 Å². The first kappa shape index (κ1) is 16.4. The van der Waals surface area contributed by atoms with E-state index < -0.39 is 0 Å². The van der Waals surface area contributed by atoms with Crippen LogP contribution < -0.4 is 10.6 Å². The molecule has 0 spiro atoms. The number of carbonyl (C=O) groups excluding carboxylic acids is 1. The Kier molecular flexibility index (Phi) is 5.62. The number of halogens is 1. The average Bonchev–Trinajstić information content (AvgIpc) is 3.10. The summed E-state index contributed by atoms with van der Waals surface area (Å²) >= 11 is 0. The third-order valence-corrected chi connectivity index (χ3v) is 4.90. The molecule has 1 aromatic carbocycles. The van der Waals surface area contributed by atoms with E-state index in [0.717, 1.165) is 57.4 Å². The molecule has 2 saturated heterocycles. The first-order valence-corrected chi connectivity index (χ1v) is 8.69. The van der Waals surface area contributed by atoms with Crippen molar-refractivity contribution in [3.05, 3.63) is 35.6 Å². The van der Waals surface area contributed by atoms with Gasteiger partial charge in [0.25, 0.3) is 0 Å². The molecular formula is C18H26FN3O. The second-order valence-corrected chi connectivity index (χ2v) is 6.73. The van der Waals surface area contributed by atoms with Crippen molar-refractivity contribution in [2.45, 2.75) is 38.3 Å². The Balaban J connectivity index is 1.46. The minimum atomic E-state index is -0.129. The molecule has 0 radical (unpaired) electrons. The van der Waals surface area contributed by atoms with Gasteiger partial charge in [-0.05, 0) is 50.8 Å². The largest absolute Gasteiger partial charge is 0.354 e. The van der Waals surface area contributed by atoms with Crippen LogP contribution in [-0.2, 0) is 11.3 Å². The molecule has 0 aromatic heterocycles. The van der Waals surface area contributed by atoms with Gasteiger partial charge in [-0.25, -0.2) is 4.39 Å². The van der Waals surface area contributed by atoms with Gasteiger partial charge in [0.2, 0.25) is 5.91 Å². The van der Waals surface area contributed by atoms with E-state index >= 15 is 0 Å². The smallest absolute Gasteiger partial charge is 0.237 e. The van der Waals surface area contributed by atoms with Crippen molar-refractivity contribution in [1.29, 1.82) is 0 Å². The van der Waals surface area contributed by atoms with Crippen molar-refractivity contribution in [3.8, 4) is 0 Å². The number of piperidine rings is 1. The van der Waals surface area contributed by atoms with Gasteiger partial charge in [-0.1, -0.05) is 18.2 Å². The van der Waals surface area contributed by atoms with Gasteiger partial charge in [0.05, 0.1) is 6.04 Å². The molecule has 2 aliphatic heterocycles. The van der Waals surface area contributed by atoms with Gasteiger partial charge in [-0.2, -0.15) is 0 Å². The molecule has 0 bridgehead atoms. The Labute approximate surface area is 137 Å². The molecule has 5 heteroatoms. The van der Waals surface area contributed by atoms with Gasteiger partial charge in [-0.3, -0.25) is 9.69 Å². The molecule has 0 saturated carbocycles. The molecule has 0 aliphatic carbocycles. The minimum absolute atomic E-state index is 0.00638. The van der Waals surface area contributed by atoms with Gasteiger partial charge in [0, 0.05) is 25.2 Å². The lowest BCUT2D eigenvalue weighted by Gasteiger charge is -2.33. The fraction of sp³-hybridized carbons (Fsp3) is 0.611. The fourth-order valence-electron chi connectivity index (χ4n) is 3.61. The van der Waals surface area contributed by atoms with Crippen LogP contribution in [0.2, 0.25) is 0 Å². The maximum absolute atomic E-state index is 13.8. The molecule has 2 aliphatic rings. The highest BCUT2D eigenvalue weighted by Gasteiger charge is 2.24. The molecule has 2 N–H and O–H groups in total. The fourth-order valence-corrected chi connectivity index (χ4v) is 3.61. The summed E-state index contributed by atoms with van der Waals surface area (Å²) in [6.07, 6.45) is 4.26. The van der Waals surface area contributed by atoms with Crippen LogP contribution in [0.1, 0.15) is 31.2 Å². The zero-order valence-corrected chi connectivity index (χ0v) is 13.6. The molecule has 3 rings (SSSR count). The van der Waals surface area contributed by atoms with E-state index in [1.807, 2.05) is 12.1 Å². The van der Waals surface area contributed by atoms with Crippen LogP contribution in [0.25, 0.3) is 0 Å². The maximum Gasteiger partial charge on any atom is 0.237 e. The van der Waals surface area contributed by atoms with Gasteiger partial charge >= 0.3 is 0 Å². The van der Waals surface area contributed by atoms with E-state index in [1.165, 1.54) is 6.07 Å². The van der Waals surface area contributed by atoms with E-state index in [1.54, 1.807) is 6.07 Å². The Hall–Kier alpha value is -1.46. The lowest BCUT2D eigenvalue weighted by Crippen LogP contribution is -2.45. The zero-order valence-electron chi connectivity index (χ0n) is 13.6. The molecule has 2 unspecified atom stereocenters. The average molecular weight is 319 g/mol. The molecule has 2 heterocycles. The van der Waals surface area contributed by atoms with Crippen LogP contribution in [0, 0.1) is 11.7 Å². The molecular weight excluding hydrogens is 293 g/mol. The number of hydrogen-bond donors (Lipinski definition) is 2. The number of amides is 1. The first-order chi connectivity index (χ1) is 11.2. The number of rotatable bonds is 5. The van der Waals surface area contributed by atoms with E-state index in [2.05, 4.69) is 15.5 Å².